The quantitative estimate of drug-likeness (QED) is 0.326. The number of hydrogen-bond donors (Lipinski definition) is 0. The highest BCUT2D eigenvalue weighted by Gasteiger charge is 2.21. The van der Waals surface area contributed by atoms with E-state index in [4.69, 9.17) is 39.9 Å². The molecule has 0 N–H and O–H groups in total. The molecule has 0 amide bonds. The van der Waals surface area contributed by atoms with E-state index in [0.29, 0.717) is 20.8 Å². The van der Waals surface area contributed by atoms with Gasteiger partial charge in [0.1, 0.15) is 5.69 Å². The van der Waals surface area contributed by atoms with Gasteiger partial charge in [0.15, 0.2) is 0 Å². The molecule has 4 aromatic rings. The molecule has 0 unspecified atom stereocenters. The van der Waals surface area contributed by atoms with Gasteiger partial charge in [-0.25, -0.2) is 4.68 Å². The Labute approximate surface area is 179 Å². The molecule has 140 valence electrons. The van der Waals surface area contributed by atoms with Crippen LogP contribution in [0.5, 0.6) is 0 Å². The second-order valence-corrected chi connectivity index (χ2v) is 7.97. The van der Waals surface area contributed by atoms with Crippen LogP contribution in [0.3, 0.4) is 0 Å². The number of aryl methyl sites for hydroxylation is 2. The molecule has 4 rings (SSSR count). The van der Waals surface area contributed by atoms with Crippen molar-refractivity contribution in [3.05, 3.63) is 92.9 Å². The van der Waals surface area contributed by atoms with E-state index in [1.54, 1.807) is 16.8 Å². The maximum absolute atomic E-state index is 6.86. The Morgan fingerprint density at radius 2 is 1.29 bits per heavy atom. The third-order valence-electron chi connectivity index (χ3n) is 4.62. The number of benzene rings is 3. The topological polar surface area (TPSA) is 17.8 Å². The minimum Gasteiger partial charge on any atom is -0.229 e. The maximum Gasteiger partial charge on any atom is 0.112 e. The number of rotatable bonds is 3. The molecule has 5 heteroatoms. The van der Waals surface area contributed by atoms with E-state index in [9.17, 15) is 0 Å². The van der Waals surface area contributed by atoms with Crippen molar-refractivity contribution in [3.63, 3.8) is 0 Å². The van der Waals surface area contributed by atoms with Crippen molar-refractivity contribution in [3.8, 4) is 28.2 Å². The summed E-state index contributed by atoms with van der Waals surface area (Å²) >= 11 is 19.4. The van der Waals surface area contributed by atoms with Crippen LogP contribution in [0, 0.1) is 13.8 Å². The lowest BCUT2D eigenvalue weighted by atomic mass is 10.1. The first-order valence-corrected chi connectivity index (χ1v) is 9.95. The molecule has 3 aromatic carbocycles. The largest absolute Gasteiger partial charge is 0.229 e. The fourth-order valence-electron chi connectivity index (χ4n) is 3.08. The van der Waals surface area contributed by atoms with Crippen LogP contribution in [0.25, 0.3) is 28.2 Å². The molecule has 0 bridgehead atoms. The Morgan fingerprint density at radius 1 is 0.714 bits per heavy atom. The average molecular weight is 428 g/mol. The minimum atomic E-state index is 0.510. The van der Waals surface area contributed by atoms with Crippen LogP contribution in [-0.2, 0) is 0 Å². The number of nitrogens with zero attached hydrogens (tertiary/aromatic N) is 2. The number of aromatic nitrogens is 2. The Balaban J connectivity index is 1.99. The fourth-order valence-corrected chi connectivity index (χ4v) is 3.91. The third-order valence-corrected chi connectivity index (χ3v) is 5.51. The maximum atomic E-state index is 6.86. The first-order valence-electron chi connectivity index (χ1n) is 8.82. The van der Waals surface area contributed by atoms with Crippen LogP contribution in [0.1, 0.15) is 11.1 Å². The molecular weight excluding hydrogens is 411 g/mol. The average Bonchev–Trinajstić information content (AvgIpc) is 3.00. The molecule has 0 fully saturated rings. The highest BCUT2D eigenvalue weighted by Crippen LogP contribution is 2.39. The highest BCUT2D eigenvalue weighted by atomic mass is 35.5. The van der Waals surface area contributed by atoms with E-state index in [0.717, 1.165) is 22.5 Å². The zero-order chi connectivity index (χ0) is 19.8. The molecule has 0 saturated heterocycles. The van der Waals surface area contributed by atoms with Crippen LogP contribution in [0.15, 0.2) is 66.7 Å². The van der Waals surface area contributed by atoms with Gasteiger partial charge in [0.25, 0.3) is 0 Å². The van der Waals surface area contributed by atoms with Crippen molar-refractivity contribution in [2.45, 2.75) is 13.8 Å². The zero-order valence-electron chi connectivity index (χ0n) is 15.4. The van der Waals surface area contributed by atoms with Gasteiger partial charge in [0.05, 0.1) is 21.4 Å². The summed E-state index contributed by atoms with van der Waals surface area (Å²) in [5.41, 5.74) is 6.50. The second-order valence-electron chi connectivity index (χ2n) is 6.75. The van der Waals surface area contributed by atoms with Gasteiger partial charge < -0.3 is 0 Å². The zero-order valence-corrected chi connectivity index (χ0v) is 17.6. The summed E-state index contributed by atoms with van der Waals surface area (Å²) < 4.78 is 1.79. The number of halogens is 3. The molecule has 0 aliphatic carbocycles. The van der Waals surface area contributed by atoms with Crippen molar-refractivity contribution in [2.75, 3.05) is 0 Å². The van der Waals surface area contributed by atoms with Gasteiger partial charge in [-0.2, -0.15) is 5.10 Å². The summed E-state index contributed by atoms with van der Waals surface area (Å²) in [6, 6.07) is 21.7. The van der Waals surface area contributed by atoms with Crippen molar-refractivity contribution in [2.24, 2.45) is 0 Å². The fraction of sp³-hybridized carbons (Fsp3) is 0.0870. The molecule has 28 heavy (non-hydrogen) atoms. The predicted molar refractivity (Wildman–Crippen MR) is 119 cm³/mol. The van der Waals surface area contributed by atoms with E-state index in [-0.39, 0.29) is 0 Å². The lowest BCUT2D eigenvalue weighted by Crippen LogP contribution is -2.00. The van der Waals surface area contributed by atoms with Crippen molar-refractivity contribution in [1.82, 2.24) is 9.78 Å². The van der Waals surface area contributed by atoms with E-state index in [1.165, 1.54) is 11.1 Å². The molecule has 0 radical (unpaired) electrons. The first kappa shape index (κ1) is 19.1. The molecule has 1 aromatic heterocycles. The Morgan fingerprint density at radius 3 is 1.86 bits per heavy atom. The molecule has 0 atom stereocenters. The molecule has 0 saturated carbocycles. The van der Waals surface area contributed by atoms with Gasteiger partial charge in [-0.15, -0.1) is 0 Å². The molecule has 0 aliphatic heterocycles. The van der Waals surface area contributed by atoms with E-state index >= 15 is 0 Å². The Hall–Kier alpha value is -2.26. The van der Waals surface area contributed by atoms with Crippen LogP contribution in [0.2, 0.25) is 15.1 Å². The van der Waals surface area contributed by atoms with Crippen molar-refractivity contribution >= 4 is 34.8 Å². The highest BCUT2D eigenvalue weighted by molar-refractivity contribution is 6.37. The van der Waals surface area contributed by atoms with Gasteiger partial charge in [-0.05, 0) is 32.0 Å². The van der Waals surface area contributed by atoms with Gasteiger partial charge in [-0.3, -0.25) is 0 Å². The van der Waals surface area contributed by atoms with Crippen LogP contribution < -0.4 is 0 Å². The third kappa shape index (κ3) is 3.56. The summed E-state index contributed by atoms with van der Waals surface area (Å²) in [5, 5.41) is 6.49. The van der Waals surface area contributed by atoms with E-state index in [1.807, 2.05) is 42.5 Å². The Kier molecular flexibility index (Phi) is 5.20. The monoisotopic (exact) mass is 426 g/mol. The van der Waals surface area contributed by atoms with Crippen LogP contribution >= 0.6 is 34.8 Å². The lowest BCUT2D eigenvalue weighted by molar-refractivity contribution is 0.892. The standard InChI is InChI=1S/C23H17Cl3N2/c1-14-3-7-16(8-4-14)22-21(26)23(17-9-5-15(2)6-10-17)28(27-22)20-12-11-18(24)13-19(20)25/h3-13H,1-2H3. The van der Waals surface area contributed by atoms with Gasteiger partial charge >= 0.3 is 0 Å². The molecule has 0 spiro atoms. The SMILES string of the molecule is Cc1ccc(-c2nn(-c3ccc(Cl)cc3Cl)c(-c3ccc(C)cc3)c2Cl)cc1. The van der Waals surface area contributed by atoms with Crippen LogP contribution in [-0.4, -0.2) is 9.78 Å². The second kappa shape index (κ2) is 7.63. The summed E-state index contributed by atoms with van der Waals surface area (Å²) in [7, 11) is 0. The van der Waals surface area contributed by atoms with Crippen molar-refractivity contribution in [1.29, 1.82) is 0 Å². The summed E-state index contributed by atoms with van der Waals surface area (Å²) in [4.78, 5) is 0. The van der Waals surface area contributed by atoms with E-state index < -0.39 is 0 Å². The van der Waals surface area contributed by atoms with Crippen LogP contribution in [0.4, 0.5) is 0 Å². The van der Waals surface area contributed by atoms with Crippen molar-refractivity contribution < 1.29 is 0 Å². The lowest BCUT2D eigenvalue weighted by Gasteiger charge is -2.10. The molecule has 1 heterocycles. The van der Waals surface area contributed by atoms with Gasteiger partial charge in [0.2, 0.25) is 0 Å². The molecule has 0 aliphatic rings. The number of hydrogen-bond acceptors (Lipinski definition) is 1. The summed E-state index contributed by atoms with van der Waals surface area (Å²) in [5.74, 6) is 0. The molecular formula is C23H17Cl3N2. The van der Waals surface area contributed by atoms with Gasteiger partial charge in [-0.1, -0.05) is 94.5 Å². The first-order chi connectivity index (χ1) is 13.4. The summed E-state index contributed by atoms with van der Waals surface area (Å²) in [6.45, 7) is 4.10. The minimum absolute atomic E-state index is 0.510. The molecule has 2 nitrogen and oxygen atoms in total. The smallest absolute Gasteiger partial charge is 0.112 e. The normalized spacial score (nSPS) is 11.0. The predicted octanol–water partition coefficient (Wildman–Crippen LogP) is 7.78. The van der Waals surface area contributed by atoms with Gasteiger partial charge in [0, 0.05) is 16.1 Å². The van der Waals surface area contributed by atoms with E-state index in [2.05, 4.69) is 26.0 Å². The Bertz CT molecular complexity index is 1140. The summed E-state index contributed by atoms with van der Waals surface area (Å²) in [6.07, 6.45) is 0.